The van der Waals surface area contributed by atoms with Crippen LogP contribution in [0.5, 0.6) is 0 Å². The fourth-order valence-corrected chi connectivity index (χ4v) is 0.268. The number of hydrogen-bond donors (Lipinski definition) is 1. The number of aliphatic imine (C=N–C) groups is 1. The zero-order valence-corrected chi connectivity index (χ0v) is 3.26. The Hall–Kier alpha value is -0.860. The van der Waals surface area contributed by atoms with E-state index in [4.69, 9.17) is 0 Å². The van der Waals surface area contributed by atoms with Crippen LogP contribution in [0.1, 0.15) is 0 Å². The van der Waals surface area contributed by atoms with Crippen LogP contribution in [-0.4, -0.2) is 19.1 Å². The van der Waals surface area contributed by atoms with Gasteiger partial charge in [0, 0.05) is 6.21 Å². The van der Waals surface area contributed by atoms with Crippen LogP contribution in [0.2, 0.25) is 0 Å². The van der Waals surface area contributed by atoms with Crippen LogP contribution in [0.4, 0.5) is 0 Å². The summed E-state index contributed by atoms with van der Waals surface area (Å²) in [7, 11) is 0. The van der Waals surface area contributed by atoms with Crippen LogP contribution in [0, 0.1) is 0 Å². The summed E-state index contributed by atoms with van der Waals surface area (Å²) in [6.45, 7) is 0.715. The van der Waals surface area contributed by atoms with Gasteiger partial charge in [-0.1, -0.05) is 0 Å². The van der Waals surface area contributed by atoms with E-state index in [0.29, 0.717) is 6.54 Å². The maximum Gasteiger partial charge on any atom is 0.103 e. The lowest BCUT2D eigenvalue weighted by atomic mass is 10.7. The molecule has 0 spiro atoms. The second kappa shape index (κ2) is 1.55. The maximum absolute atomic E-state index is 3.79. The summed E-state index contributed by atoms with van der Waals surface area (Å²) in [6.07, 6.45) is 3.28. The fourth-order valence-electron chi connectivity index (χ4n) is 0.268. The van der Waals surface area contributed by atoms with E-state index >= 15 is 0 Å². The highest BCUT2D eigenvalue weighted by Gasteiger charge is 1.74. The van der Waals surface area contributed by atoms with Crippen molar-refractivity contribution >= 4 is 12.6 Å². The van der Waals surface area contributed by atoms with E-state index in [1.165, 1.54) is 0 Å². The van der Waals surface area contributed by atoms with Gasteiger partial charge in [-0.15, -0.1) is 0 Å². The second-order valence-corrected chi connectivity index (χ2v) is 0.935. The number of hydrazone groups is 1. The van der Waals surface area contributed by atoms with Gasteiger partial charge in [-0.05, 0) is 0 Å². The molecule has 1 aliphatic rings. The minimum absolute atomic E-state index is 0.715. The van der Waals surface area contributed by atoms with Crippen molar-refractivity contribution in [1.29, 1.82) is 0 Å². The summed E-state index contributed by atoms with van der Waals surface area (Å²) < 4.78 is 0. The molecule has 0 radical (unpaired) electrons. The van der Waals surface area contributed by atoms with Crippen LogP contribution < -0.4 is 5.43 Å². The van der Waals surface area contributed by atoms with E-state index in [1.54, 1.807) is 12.6 Å². The van der Waals surface area contributed by atoms with Crippen LogP contribution in [-0.2, 0) is 0 Å². The Morgan fingerprint density at radius 2 is 2.67 bits per heavy atom. The van der Waals surface area contributed by atoms with Crippen molar-refractivity contribution in [3.05, 3.63) is 0 Å². The predicted octanol–water partition coefficient (Wildman–Crippen LogP) is -0.396. The van der Waals surface area contributed by atoms with Gasteiger partial charge in [-0.25, -0.2) is 0 Å². The molecule has 0 saturated carbocycles. The third-order valence-electron chi connectivity index (χ3n) is 0.502. The highest BCUT2D eigenvalue weighted by Crippen LogP contribution is 1.66. The van der Waals surface area contributed by atoms with Gasteiger partial charge in [0.05, 0.1) is 6.54 Å². The quantitative estimate of drug-likeness (QED) is 0.425. The molecule has 0 aliphatic carbocycles. The van der Waals surface area contributed by atoms with Crippen molar-refractivity contribution in [1.82, 2.24) is 5.43 Å². The Morgan fingerprint density at radius 3 is 2.83 bits per heavy atom. The van der Waals surface area contributed by atoms with Gasteiger partial charge in [-0.3, -0.25) is 10.4 Å². The molecule has 0 atom stereocenters. The molecule has 1 aliphatic heterocycles. The molecule has 0 unspecified atom stereocenters. The highest BCUT2D eigenvalue weighted by molar-refractivity contribution is 5.68. The molecule has 0 saturated heterocycles. The van der Waals surface area contributed by atoms with Crippen LogP contribution >= 0.6 is 0 Å². The smallest absolute Gasteiger partial charge is 0.103 e. The fraction of sp³-hybridized carbons (Fsp3) is 0.333. The Balaban J connectivity index is 2.40. The molecule has 32 valence electrons. The molecular weight excluding hydrogens is 78.1 g/mol. The molecule has 0 amide bonds. The van der Waals surface area contributed by atoms with E-state index < -0.39 is 0 Å². The zero-order valence-electron chi connectivity index (χ0n) is 3.26. The summed E-state index contributed by atoms with van der Waals surface area (Å²) in [5.41, 5.74) is 2.56. The van der Waals surface area contributed by atoms with Gasteiger partial charge in [0.1, 0.15) is 6.34 Å². The Morgan fingerprint density at radius 1 is 1.67 bits per heavy atom. The lowest BCUT2D eigenvalue weighted by molar-refractivity contribution is 1.01. The number of nitrogens with zero attached hydrogens (tertiary/aromatic N) is 2. The molecule has 1 rings (SSSR count). The first-order valence-corrected chi connectivity index (χ1v) is 1.75. The van der Waals surface area contributed by atoms with Gasteiger partial charge >= 0.3 is 0 Å². The number of hydrogen-bond acceptors (Lipinski definition) is 3. The maximum atomic E-state index is 3.79. The first kappa shape index (κ1) is 3.33. The average molecular weight is 83.1 g/mol. The largest absolute Gasteiger partial charge is 0.268 e. The molecular formula is C3H5N3. The van der Waals surface area contributed by atoms with Crippen LogP contribution in [0.15, 0.2) is 10.1 Å². The highest BCUT2D eigenvalue weighted by atomic mass is 15.3. The standard InChI is InChI=1S/C3H5N3/c1-2-5-6-3-4-1/h2-3H,1H2,(H,4,6). The Labute approximate surface area is 35.8 Å². The Kier molecular flexibility index (Phi) is 0.859. The zero-order chi connectivity index (χ0) is 4.24. The van der Waals surface area contributed by atoms with E-state index in [9.17, 15) is 0 Å². The van der Waals surface area contributed by atoms with Crippen molar-refractivity contribution in [2.75, 3.05) is 6.54 Å². The molecule has 0 aromatic heterocycles. The molecule has 0 fully saturated rings. The molecule has 6 heavy (non-hydrogen) atoms. The molecule has 0 aromatic rings. The first-order chi connectivity index (χ1) is 3.00. The topological polar surface area (TPSA) is 36.8 Å². The summed E-state index contributed by atoms with van der Waals surface area (Å²) in [5.74, 6) is 0. The summed E-state index contributed by atoms with van der Waals surface area (Å²) >= 11 is 0. The van der Waals surface area contributed by atoms with Crippen molar-refractivity contribution in [3.63, 3.8) is 0 Å². The van der Waals surface area contributed by atoms with Crippen molar-refractivity contribution in [3.8, 4) is 0 Å². The molecule has 0 bridgehead atoms. The van der Waals surface area contributed by atoms with E-state index in [1.807, 2.05) is 0 Å². The van der Waals surface area contributed by atoms with Crippen molar-refractivity contribution in [2.24, 2.45) is 10.1 Å². The van der Waals surface area contributed by atoms with Gasteiger partial charge < -0.3 is 0 Å². The second-order valence-electron chi connectivity index (χ2n) is 0.935. The average Bonchev–Trinajstić information content (AvgIpc) is 1.72. The molecule has 1 heterocycles. The third kappa shape index (κ3) is 0.544. The van der Waals surface area contributed by atoms with Crippen LogP contribution in [0.25, 0.3) is 0 Å². The van der Waals surface area contributed by atoms with E-state index in [2.05, 4.69) is 15.5 Å². The first-order valence-electron chi connectivity index (χ1n) is 1.75. The van der Waals surface area contributed by atoms with Gasteiger partial charge in [-0.2, -0.15) is 5.10 Å². The van der Waals surface area contributed by atoms with E-state index in [0.717, 1.165) is 0 Å². The number of nitrogens with one attached hydrogen (secondary N) is 1. The Bertz CT molecular complexity index is 64.0. The lowest BCUT2D eigenvalue weighted by Crippen LogP contribution is -2.07. The molecule has 3 heteroatoms. The monoisotopic (exact) mass is 83.0 g/mol. The van der Waals surface area contributed by atoms with Crippen LogP contribution in [0.3, 0.4) is 0 Å². The molecule has 3 nitrogen and oxygen atoms in total. The molecule has 0 aromatic carbocycles. The van der Waals surface area contributed by atoms with Gasteiger partial charge in [0.2, 0.25) is 0 Å². The number of rotatable bonds is 0. The minimum atomic E-state index is 0.715. The lowest BCUT2D eigenvalue weighted by Gasteiger charge is -1.91. The van der Waals surface area contributed by atoms with Crippen molar-refractivity contribution in [2.45, 2.75) is 0 Å². The normalized spacial score (nSPS) is 17.3. The SMILES string of the molecule is C1=NCC=NN1. The summed E-state index contributed by atoms with van der Waals surface area (Å²) in [4.78, 5) is 3.79. The summed E-state index contributed by atoms with van der Waals surface area (Å²) in [6, 6.07) is 0. The van der Waals surface area contributed by atoms with Gasteiger partial charge in [0.15, 0.2) is 0 Å². The third-order valence-corrected chi connectivity index (χ3v) is 0.502. The van der Waals surface area contributed by atoms with Gasteiger partial charge in [0.25, 0.3) is 0 Å². The van der Waals surface area contributed by atoms with E-state index in [-0.39, 0.29) is 0 Å². The summed E-state index contributed by atoms with van der Waals surface area (Å²) in [5, 5.41) is 3.65. The minimum Gasteiger partial charge on any atom is -0.268 e. The predicted molar refractivity (Wildman–Crippen MR) is 25.0 cm³/mol. The molecule has 1 N–H and O–H groups in total. The van der Waals surface area contributed by atoms with Crippen molar-refractivity contribution < 1.29 is 0 Å².